The largest absolute Gasteiger partial charge is 0.260 e. The number of pyridine rings is 1. The van der Waals surface area contributed by atoms with E-state index >= 15 is 0 Å². The molecule has 0 N–H and O–H groups in total. The lowest BCUT2D eigenvalue weighted by atomic mass is 9.96. The van der Waals surface area contributed by atoms with Gasteiger partial charge in [0.05, 0.1) is 12.2 Å². The summed E-state index contributed by atoms with van der Waals surface area (Å²) in [5.74, 6) is 0.632. The number of nitrogens with zero attached hydrogens (tertiary/aromatic N) is 3. The first-order chi connectivity index (χ1) is 18.3. The number of benzene rings is 6. The van der Waals surface area contributed by atoms with Crippen LogP contribution in [0.2, 0.25) is 0 Å². The smallest absolute Gasteiger partial charge is 0.154 e. The molecule has 37 heavy (non-hydrogen) atoms. The van der Waals surface area contributed by atoms with Gasteiger partial charge in [-0.1, -0.05) is 97.1 Å². The van der Waals surface area contributed by atoms with Crippen molar-refractivity contribution >= 4 is 66.4 Å². The number of hydrogen-bond donors (Lipinski definition) is 0. The van der Waals surface area contributed by atoms with Crippen LogP contribution in [0.4, 0.5) is 0 Å². The summed E-state index contributed by atoms with van der Waals surface area (Å²) in [5, 5.41) is 12.0. The Hall–Kier alpha value is -4.89. The Balaban J connectivity index is 1.37. The summed E-state index contributed by atoms with van der Waals surface area (Å²) in [4.78, 5) is 14.0. The van der Waals surface area contributed by atoms with Gasteiger partial charge in [-0.15, -0.1) is 0 Å². The minimum Gasteiger partial charge on any atom is -0.260 e. The third-order valence-electron chi connectivity index (χ3n) is 7.21. The average molecular weight is 474 g/mol. The van der Waals surface area contributed by atoms with Crippen LogP contribution in [-0.2, 0) is 6.54 Å². The van der Waals surface area contributed by atoms with E-state index < -0.39 is 0 Å². The molecule has 0 bridgehead atoms. The second-order valence-electron chi connectivity index (χ2n) is 9.34. The van der Waals surface area contributed by atoms with Crippen molar-refractivity contribution in [3.05, 3.63) is 127 Å². The van der Waals surface area contributed by atoms with Crippen LogP contribution in [-0.4, -0.2) is 17.5 Å². The SMILES string of the molecule is C=NC(=NCc1cc2c(ccc3ccc4ccccc4c32)cn1)c1cc2ccccc2c2ccccc12. The molecule has 0 radical (unpaired) electrons. The van der Waals surface area contributed by atoms with E-state index in [0.717, 1.165) is 27.4 Å². The van der Waals surface area contributed by atoms with Crippen LogP contribution in [0, 0.1) is 0 Å². The van der Waals surface area contributed by atoms with E-state index in [1.165, 1.54) is 37.7 Å². The second-order valence-corrected chi connectivity index (χ2v) is 9.34. The summed E-state index contributed by atoms with van der Waals surface area (Å²) in [6.45, 7) is 4.28. The number of aromatic nitrogens is 1. The van der Waals surface area contributed by atoms with Gasteiger partial charge >= 0.3 is 0 Å². The molecule has 0 aliphatic carbocycles. The lowest BCUT2D eigenvalue weighted by Gasteiger charge is -2.11. The molecule has 174 valence electrons. The van der Waals surface area contributed by atoms with E-state index in [-0.39, 0.29) is 0 Å². The Morgan fingerprint density at radius 1 is 0.595 bits per heavy atom. The van der Waals surface area contributed by atoms with Gasteiger partial charge < -0.3 is 0 Å². The molecule has 7 aromatic rings. The first-order valence-corrected chi connectivity index (χ1v) is 12.4. The van der Waals surface area contributed by atoms with Crippen LogP contribution < -0.4 is 0 Å². The van der Waals surface area contributed by atoms with Gasteiger partial charge in [-0.25, -0.2) is 4.99 Å². The van der Waals surface area contributed by atoms with Gasteiger partial charge in [0.15, 0.2) is 5.84 Å². The van der Waals surface area contributed by atoms with Crippen molar-refractivity contribution < 1.29 is 0 Å². The molecule has 1 heterocycles. The summed E-state index contributed by atoms with van der Waals surface area (Å²) in [5.41, 5.74) is 1.89. The lowest BCUT2D eigenvalue weighted by Crippen LogP contribution is -2.00. The van der Waals surface area contributed by atoms with Gasteiger partial charge in [0.2, 0.25) is 0 Å². The van der Waals surface area contributed by atoms with E-state index in [1.807, 2.05) is 6.20 Å². The van der Waals surface area contributed by atoms with E-state index in [4.69, 9.17) is 9.98 Å². The zero-order chi connectivity index (χ0) is 24.8. The summed E-state index contributed by atoms with van der Waals surface area (Å²) in [6.07, 6.45) is 1.95. The molecule has 3 heteroatoms. The third-order valence-corrected chi connectivity index (χ3v) is 7.21. The van der Waals surface area contributed by atoms with Crippen molar-refractivity contribution in [2.75, 3.05) is 0 Å². The fourth-order valence-electron chi connectivity index (χ4n) is 5.47. The van der Waals surface area contributed by atoms with E-state index in [1.54, 1.807) is 0 Å². The average Bonchev–Trinajstić information content (AvgIpc) is 2.97. The number of hydrogen-bond acceptors (Lipinski definition) is 2. The molecule has 0 saturated heterocycles. The van der Waals surface area contributed by atoms with Gasteiger partial charge in [0.25, 0.3) is 0 Å². The molecule has 3 nitrogen and oxygen atoms in total. The molecule has 0 aliphatic heterocycles. The van der Waals surface area contributed by atoms with Gasteiger partial charge in [-0.05, 0) is 67.3 Å². The highest BCUT2D eigenvalue weighted by Crippen LogP contribution is 2.33. The first-order valence-electron chi connectivity index (χ1n) is 12.4. The lowest BCUT2D eigenvalue weighted by molar-refractivity contribution is 0.995. The van der Waals surface area contributed by atoms with Crippen LogP contribution in [0.3, 0.4) is 0 Å². The molecule has 0 unspecified atom stereocenters. The maximum Gasteiger partial charge on any atom is 0.154 e. The Bertz CT molecular complexity index is 2030. The second kappa shape index (κ2) is 8.65. The molecule has 0 spiro atoms. The molecule has 0 saturated carbocycles. The van der Waals surface area contributed by atoms with E-state index in [0.29, 0.717) is 12.4 Å². The highest BCUT2D eigenvalue weighted by atomic mass is 14.9. The van der Waals surface area contributed by atoms with Crippen molar-refractivity contribution in [2.45, 2.75) is 6.54 Å². The van der Waals surface area contributed by atoms with Crippen molar-refractivity contribution in [1.29, 1.82) is 0 Å². The molecule has 1 aromatic heterocycles. The predicted molar refractivity (Wildman–Crippen MR) is 158 cm³/mol. The predicted octanol–water partition coefficient (Wildman–Crippen LogP) is 8.50. The van der Waals surface area contributed by atoms with Crippen LogP contribution in [0.25, 0.3) is 53.9 Å². The van der Waals surface area contributed by atoms with Crippen molar-refractivity contribution in [2.24, 2.45) is 9.98 Å². The minimum absolute atomic E-state index is 0.423. The molecular weight excluding hydrogens is 450 g/mol. The molecule has 7 rings (SSSR count). The third kappa shape index (κ3) is 3.56. The molecule has 0 aliphatic rings. The highest BCUT2D eigenvalue weighted by Gasteiger charge is 2.11. The van der Waals surface area contributed by atoms with Crippen LogP contribution in [0.1, 0.15) is 11.3 Å². The van der Waals surface area contributed by atoms with Gasteiger partial charge in [0.1, 0.15) is 0 Å². The van der Waals surface area contributed by atoms with Crippen molar-refractivity contribution in [3.63, 3.8) is 0 Å². The van der Waals surface area contributed by atoms with E-state index in [2.05, 4.69) is 121 Å². The monoisotopic (exact) mass is 473 g/mol. The topological polar surface area (TPSA) is 37.6 Å². The molecule has 0 atom stereocenters. The number of aliphatic imine (C=N–C) groups is 2. The van der Waals surface area contributed by atoms with Gasteiger partial charge in [0, 0.05) is 17.1 Å². The molecular formula is C34H23N3. The maximum absolute atomic E-state index is 4.91. The van der Waals surface area contributed by atoms with Crippen molar-refractivity contribution in [3.8, 4) is 0 Å². The Kier molecular flexibility index (Phi) is 5.00. The molecule has 0 fully saturated rings. The summed E-state index contributed by atoms with van der Waals surface area (Å²) >= 11 is 0. The highest BCUT2D eigenvalue weighted by molar-refractivity contribution is 6.20. The minimum atomic E-state index is 0.423. The normalized spacial score (nSPS) is 12.2. The van der Waals surface area contributed by atoms with Gasteiger partial charge in [-0.3, -0.25) is 9.98 Å². The number of fused-ring (bicyclic) bond motifs is 8. The van der Waals surface area contributed by atoms with Crippen LogP contribution in [0.15, 0.2) is 125 Å². The van der Waals surface area contributed by atoms with Gasteiger partial charge in [-0.2, -0.15) is 0 Å². The fourth-order valence-corrected chi connectivity index (χ4v) is 5.47. The van der Waals surface area contributed by atoms with E-state index in [9.17, 15) is 0 Å². The van der Waals surface area contributed by atoms with Crippen molar-refractivity contribution in [1.82, 2.24) is 4.98 Å². The number of rotatable bonds is 3. The Labute approximate surface area is 214 Å². The zero-order valence-electron chi connectivity index (χ0n) is 20.2. The zero-order valence-corrected chi connectivity index (χ0v) is 20.2. The molecule has 0 amide bonds. The summed E-state index contributed by atoms with van der Waals surface area (Å²) < 4.78 is 0. The standard InChI is InChI=1S/C34H23N3/c1-35-34(32-18-24-9-3-4-10-27(24)29-12-6-7-13-30(29)32)37-21-26-19-31-25(20-36-26)17-16-23-15-14-22-8-2-5-11-28(22)33(23)31/h2-20H,1,21H2. The first kappa shape index (κ1) is 21.4. The molecule has 6 aromatic carbocycles. The maximum atomic E-state index is 4.91. The summed E-state index contributed by atoms with van der Waals surface area (Å²) in [7, 11) is 0. The van der Waals surface area contributed by atoms with Crippen LogP contribution in [0.5, 0.6) is 0 Å². The quantitative estimate of drug-likeness (QED) is 0.144. The fraction of sp³-hybridized carbons (Fsp3) is 0.0294. The number of amidine groups is 1. The Morgan fingerprint density at radius 3 is 2.05 bits per heavy atom. The van der Waals surface area contributed by atoms with Crippen LogP contribution >= 0.6 is 0 Å². The Morgan fingerprint density at radius 2 is 1.24 bits per heavy atom. The summed E-state index contributed by atoms with van der Waals surface area (Å²) in [6, 6.07) is 38.4.